The first-order chi connectivity index (χ1) is 7.74. The van der Waals surface area contributed by atoms with E-state index in [9.17, 15) is 0 Å². The van der Waals surface area contributed by atoms with Crippen LogP contribution in [-0.2, 0) is 6.42 Å². The Morgan fingerprint density at radius 3 is 2.62 bits per heavy atom. The van der Waals surface area contributed by atoms with Crippen LogP contribution in [0.3, 0.4) is 0 Å². The number of halogens is 1. The second-order valence-electron chi connectivity index (χ2n) is 3.58. The van der Waals surface area contributed by atoms with Crippen LogP contribution >= 0.6 is 11.6 Å². The molecule has 0 radical (unpaired) electrons. The highest BCUT2D eigenvalue weighted by atomic mass is 35.5. The zero-order chi connectivity index (χ0) is 11.5. The van der Waals surface area contributed by atoms with Gasteiger partial charge in [-0.05, 0) is 19.1 Å². The van der Waals surface area contributed by atoms with E-state index in [1.807, 2.05) is 37.3 Å². The van der Waals surface area contributed by atoms with Crippen molar-refractivity contribution in [3.63, 3.8) is 0 Å². The van der Waals surface area contributed by atoms with Crippen molar-refractivity contribution in [1.82, 2.24) is 9.78 Å². The molecule has 3 nitrogen and oxygen atoms in total. The number of para-hydroxylation sites is 1. The Labute approximate surface area is 99.3 Å². The summed E-state index contributed by atoms with van der Waals surface area (Å²) in [5.41, 5.74) is 2.70. The van der Waals surface area contributed by atoms with E-state index < -0.39 is 0 Å². The van der Waals surface area contributed by atoms with Crippen LogP contribution in [0.4, 0.5) is 0 Å². The average molecular weight is 237 g/mol. The second kappa shape index (κ2) is 4.68. The molecule has 0 amide bonds. The fourth-order valence-electron chi connectivity index (χ4n) is 1.67. The predicted octanol–water partition coefficient (Wildman–Crippen LogP) is 2.37. The fraction of sp³-hybridized carbons (Fsp3) is 0.250. The molecule has 0 atom stereocenters. The lowest BCUT2D eigenvalue weighted by molar-refractivity contribution is 0.299. The van der Waals surface area contributed by atoms with Crippen LogP contribution in [0.1, 0.15) is 11.3 Å². The molecule has 2 aromatic rings. The van der Waals surface area contributed by atoms with Gasteiger partial charge in [-0.2, -0.15) is 5.10 Å². The number of rotatable bonds is 3. The van der Waals surface area contributed by atoms with E-state index in [2.05, 4.69) is 5.10 Å². The first kappa shape index (κ1) is 11.2. The molecule has 2 rings (SSSR count). The van der Waals surface area contributed by atoms with Gasteiger partial charge in [0.05, 0.1) is 11.4 Å². The zero-order valence-corrected chi connectivity index (χ0v) is 9.78. The summed E-state index contributed by atoms with van der Waals surface area (Å²) in [7, 11) is 0. The van der Waals surface area contributed by atoms with E-state index in [1.165, 1.54) is 0 Å². The molecule has 1 heterocycles. The third-order valence-electron chi connectivity index (χ3n) is 2.48. The number of aromatic nitrogens is 2. The molecule has 84 valence electrons. The summed E-state index contributed by atoms with van der Waals surface area (Å²) in [6, 6.07) is 9.72. The standard InChI is InChI=1S/C12H13ClN2O/c1-9-11(7-8-16)12(13)15(14-9)10-5-3-2-4-6-10/h2-6,16H,7-8H2,1H3. The Hall–Kier alpha value is -1.32. The van der Waals surface area contributed by atoms with Crippen molar-refractivity contribution in [3.8, 4) is 5.69 Å². The minimum Gasteiger partial charge on any atom is -0.396 e. The monoisotopic (exact) mass is 236 g/mol. The van der Waals surface area contributed by atoms with Gasteiger partial charge >= 0.3 is 0 Å². The van der Waals surface area contributed by atoms with E-state index in [-0.39, 0.29) is 6.61 Å². The molecule has 1 aromatic heterocycles. The molecule has 0 aliphatic heterocycles. The molecule has 0 aliphatic rings. The number of benzene rings is 1. The van der Waals surface area contributed by atoms with Crippen LogP contribution in [0, 0.1) is 6.92 Å². The molecule has 0 saturated heterocycles. The Bertz CT molecular complexity index is 479. The first-order valence-electron chi connectivity index (χ1n) is 5.14. The predicted molar refractivity (Wildman–Crippen MR) is 64.1 cm³/mol. The Balaban J connectivity index is 2.47. The molecule has 0 fully saturated rings. The summed E-state index contributed by atoms with van der Waals surface area (Å²) in [5, 5.41) is 13.9. The topological polar surface area (TPSA) is 38.0 Å². The molecule has 1 N–H and O–H groups in total. The molecule has 4 heteroatoms. The van der Waals surface area contributed by atoms with Gasteiger partial charge in [0.2, 0.25) is 0 Å². The van der Waals surface area contributed by atoms with Gasteiger partial charge in [-0.15, -0.1) is 0 Å². The maximum absolute atomic E-state index is 8.95. The summed E-state index contributed by atoms with van der Waals surface area (Å²) in [6.07, 6.45) is 0.539. The van der Waals surface area contributed by atoms with Crippen LogP contribution < -0.4 is 0 Å². The number of aryl methyl sites for hydroxylation is 1. The molecule has 0 bridgehead atoms. The fourth-order valence-corrected chi connectivity index (χ4v) is 2.03. The maximum Gasteiger partial charge on any atom is 0.136 e. The van der Waals surface area contributed by atoms with Crippen LogP contribution in [0.2, 0.25) is 5.15 Å². The molecular formula is C12H13ClN2O. The SMILES string of the molecule is Cc1nn(-c2ccccc2)c(Cl)c1CCO. The Kier molecular flexibility index (Phi) is 3.27. The molecule has 0 unspecified atom stereocenters. The first-order valence-corrected chi connectivity index (χ1v) is 5.52. The van der Waals surface area contributed by atoms with Gasteiger partial charge in [0.15, 0.2) is 0 Å². The third-order valence-corrected chi connectivity index (χ3v) is 2.87. The van der Waals surface area contributed by atoms with E-state index >= 15 is 0 Å². The minimum atomic E-state index is 0.0844. The molecule has 1 aromatic carbocycles. The zero-order valence-electron chi connectivity index (χ0n) is 9.02. The van der Waals surface area contributed by atoms with E-state index in [1.54, 1.807) is 4.68 Å². The number of aliphatic hydroxyl groups excluding tert-OH is 1. The van der Waals surface area contributed by atoms with Crippen molar-refractivity contribution < 1.29 is 5.11 Å². The number of aliphatic hydroxyl groups is 1. The van der Waals surface area contributed by atoms with Gasteiger partial charge in [0, 0.05) is 18.6 Å². The Morgan fingerprint density at radius 1 is 1.31 bits per heavy atom. The average Bonchev–Trinajstić information content (AvgIpc) is 2.59. The highest BCUT2D eigenvalue weighted by Crippen LogP contribution is 2.23. The molecule has 0 saturated carbocycles. The Morgan fingerprint density at radius 2 is 2.00 bits per heavy atom. The van der Waals surface area contributed by atoms with Crippen molar-refractivity contribution in [1.29, 1.82) is 0 Å². The van der Waals surface area contributed by atoms with Crippen molar-refractivity contribution in [2.75, 3.05) is 6.61 Å². The van der Waals surface area contributed by atoms with Crippen molar-refractivity contribution in [2.24, 2.45) is 0 Å². The van der Waals surface area contributed by atoms with Gasteiger partial charge < -0.3 is 5.11 Å². The van der Waals surface area contributed by atoms with Crippen LogP contribution in [0.15, 0.2) is 30.3 Å². The van der Waals surface area contributed by atoms with Gasteiger partial charge in [-0.3, -0.25) is 0 Å². The van der Waals surface area contributed by atoms with Crippen LogP contribution in [0.5, 0.6) is 0 Å². The molecular weight excluding hydrogens is 224 g/mol. The second-order valence-corrected chi connectivity index (χ2v) is 3.93. The lowest BCUT2D eigenvalue weighted by Crippen LogP contribution is -1.96. The number of hydrogen-bond acceptors (Lipinski definition) is 2. The van der Waals surface area contributed by atoms with Crippen molar-refractivity contribution in [2.45, 2.75) is 13.3 Å². The lowest BCUT2D eigenvalue weighted by atomic mass is 10.2. The molecule has 0 spiro atoms. The lowest BCUT2D eigenvalue weighted by Gasteiger charge is -2.02. The third kappa shape index (κ3) is 1.96. The van der Waals surface area contributed by atoms with Gasteiger partial charge in [0.25, 0.3) is 0 Å². The smallest absolute Gasteiger partial charge is 0.136 e. The summed E-state index contributed by atoms with van der Waals surface area (Å²) >= 11 is 6.23. The normalized spacial score (nSPS) is 10.7. The maximum atomic E-state index is 8.95. The number of hydrogen-bond donors (Lipinski definition) is 1. The minimum absolute atomic E-state index is 0.0844. The highest BCUT2D eigenvalue weighted by Gasteiger charge is 2.13. The summed E-state index contributed by atoms with van der Waals surface area (Å²) < 4.78 is 1.70. The largest absolute Gasteiger partial charge is 0.396 e. The quantitative estimate of drug-likeness (QED) is 0.889. The summed E-state index contributed by atoms with van der Waals surface area (Å²) in [6.45, 7) is 1.98. The van der Waals surface area contributed by atoms with Gasteiger partial charge in [-0.25, -0.2) is 4.68 Å². The molecule has 0 aliphatic carbocycles. The van der Waals surface area contributed by atoms with E-state index in [0.29, 0.717) is 11.6 Å². The van der Waals surface area contributed by atoms with Crippen LogP contribution in [0.25, 0.3) is 5.69 Å². The number of nitrogens with zero attached hydrogens (tertiary/aromatic N) is 2. The van der Waals surface area contributed by atoms with E-state index in [0.717, 1.165) is 16.9 Å². The molecule has 16 heavy (non-hydrogen) atoms. The van der Waals surface area contributed by atoms with E-state index in [4.69, 9.17) is 16.7 Å². The highest BCUT2D eigenvalue weighted by molar-refractivity contribution is 6.30. The summed E-state index contributed by atoms with van der Waals surface area (Å²) in [4.78, 5) is 0. The van der Waals surface area contributed by atoms with Crippen molar-refractivity contribution in [3.05, 3.63) is 46.7 Å². The van der Waals surface area contributed by atoms with Crippen molar-refractivity contribution >= 4 is 11.6 Å². The van der Waals surface area contributed by atoms with Gasteiger partial charge in [-0.1, -0.05) is 29.8 Å². The van der Waals surface area contributed by atoms with Gasteiger partial charge in [0.1, 0.15) is 5.15 Å². The van der Waals surface area contributed by atoms with Crippen LogP contribution in [-0.4, -0.2) is 21.5 Å². The summed E-state index contributed by atoms with van der Waals surface area (Å²) in [5.74, 6) is 0.